The average Bonchev–Trinajstić information content (AvgIpc) is 3.60. The Morgan fingerprint density at radius 3 is 0.719 bits per heavy atom. The van der Waals surface area contributed by atoms with E-state index < -0.39 is 26.5 Å². The predicted octanol–water partition coefficient (Wildman–Crippen LogP) is 26.5. The highest BCUT2D eigenvalue weighted by atomic mass is 31.2. The summed E-state index contributed by atoms with van der Waals surface area (Å²) in [6.45, 7) is 4.54. The molecule has 0 heterocycles. The van der Waals surface area contributed by atoms with E-state index in [1.54, 1.807) is 0 Å². The molecule has 0 aromatic rings. The molecule has 2 atom stereocenters. The quantitative estimate of drug-likeness (QED) is 0.0278. The number of carbonyl (C=O) groups excluding carboxylic acids is 2. The van der Waals surface area contributed by atoms with E-state index in [0.717, 1.165) is 38.5 Å². The summed E-state index contributed by atoms with van der Waals surface area (Å²) in [4.78, 5) is 36.0. The van der Waals surface area contributed by atoms with Crippen LogP contribution in [0.15, 0.2) is 0 Å². The summed E-state index contributed by atoms with van der Waals surface area (Å²) in [7, 11) is 1.51. The average molecular weight is 1280 g/mol. The Morgan fingerprint density at radius 1 is 0.303 bits per heavy atom. The molecular weight excluding hydrogens is 1120 g/mol. The fraction of sp³-hybridized carbons (Fsp3) is 0.975. The number of likely N-dealkylation sites (N-methyl/N-ethyl adjacent to an activating group) is 1. The molecule has 0 saturated carbocycles. The van der Waals surface area contributed by atoms with E-state index in [1.165, 1.54) is 379 Å². The number of esters is 2. The van der Waals surface area contributed by atoms with Gasteiger partial charge in [0.25, 0.3) is 0 Å². The highest BCUT2D eigenvalue weighted by molar-refractivity contribution is 7.47. The summed E-state index contributed by atoms with van der Waals surface area (Å²) in [5.41, 5.74) is 0. The second kappa shape index (κ2) is 71.3. The van der Waals surface area contributed by atoms with E-state index in [9.17, 15) is 19.0 Å². The van der Waals surface area contributed by atoms with Crippen molar-refractivity contribution < 1.29 is 42.1 Å². The number of unbranched alkanes of at least 4 members (excludes halogenated alkanes) is 63. The van der Waals surface area contributed by atoms with E-state index in [2.05, 4.69) is 13.8 Å². The third-order valence-corrected chi connectivity index (χ3v) is 19.9. The standard InChI is InChI=1S/C79H158NO8P/c1-6-8-10-12-14-16-18-20-22-24-26-28-30-32-34-36-37-38-39-40-41-42-43-44-46-48-50-52-54-56-58-60-62-64-66-68-70-72-79(82)88-77(76-87-89(83,84)86-74-73-80(3,4)5)75-85-78(81)71-69-67-65-63-61-59-57-55-53-51-49-47-45-35-33-31-29-27-25-23-21-19-17-15-13-11-9-7-2/h77H,6-76H2,1-5H3/p+1. The number of carbonyl (C=O) groups is 2. The van der Waals surface area contributed by atoms with Gasteiger partial charge < -0.3 is 18.9 Å². The molecular formula is C79H159NO8P+. The van der Waals surface area contributed by atoms with Crippen molar-refractivity contribution in [2.45, 2.75) is 450 Å². The number of phosphoric ester groups is 1. The third-order valence-electron chi connectivity index (χ3n) is 18.9. The lowest BCUT2D eigenvalue weighted by molar-refractivity contribution is -0.870. The minimum absolute atomic E-state index is 0.0379. The fourth-order valence-electron chi connectivity index (χ4n) is 12.7. The van der Waals surface area contributed by atoms with Crippen LogP contribution in [-0.2, 0) is 32.7 Å². The van der Waals surface area contributed by atoms with Gasteiger partial charge in [0.15, 0.2) is 6.10 Å². The Morgan fingerprint density at radius 2 is 0.506 bits per heavy atom. The summed E-state index contributed by atoms with van der Waals surface area (Å²) >= 11 is 0. The lowest BCUT2D eigenvalue weighted by Crippen LogP contribution is -2.37. The highest BCUT2D eigenvalue weighted by Crippen LogP contribution is 2.43. The molecule has 9 nitrogen and oxygen atoms in total. The van der Waals surface area contributed by atoms with Crippen LogP contribution in [0.2, 0.25) is 0 Å². The maximum Gasteiger partial charge on any atom is 0.472 e. The van der Waals surface area contributed by atoms with E-state index in [-0.39, 0.29) is 25.6 Å². The Hall–Kier alpha value is -0.990. The maximum absolute atomic E-state index is 12.9. The van der Waals surface area contributed by atoms with Gasteiger partial charge in [-0.1, -0.05) is 418 Å². The molecule has 0 rings (SSSR count). The Balaban J connectivity index is 3.87. The second-order valence-electron chi connectivity index (χ2n) is 29.2. The van der Waals surface area contributed by atoms with Gasteiger partial charge in [-0.2, -0.15) is 0 Å². The molecule has 0 amide bonds. The lowest BCUT2D eigenvalue weighted by atomic mass is 10.0. The summed E-state index contributed by atoms with van der Waals surface area (Å²) in [5, 5.41) is 0. The predicted molar refractivity (Wildman–Crippen MR) is 386 cm³/mol. The van der Waals surface area contributed by atoms with Crippen LogP contribution in [0, 0.1) is 0 Å². The number of hydrogen-bond donors (Lipinski definition) is 1. The van der Waals surface area contributed by atoms with Gasteiger partial charge in [0, 0.05) is 12.8 Å². The number of rotatable bonds is 77. The van der Waals surface area contributed by atoms with Crippen molar-refractivity contribution in [3.05, 3.63) is 0 Å². The molecule has 10 heteroatoms. The summed E-state index contributed by atoms with van der Waals surface area (Å²) in [6.07, 6.45) is 88.4. The minimum atomic E-state index is -4.39. The number of phosphoric acid groups is 1. The molecule has 0 saturated heterocycles. The van der Waals surface area contributed by atoms with E-state index in [4.69, 9.17) is 18.5 Å². The number of ether oxygens (including phenoxy) is 2. The Kier molecular flexibility index (Phi) is 70.5. The molecule has 0 radical (unpaired) electrons. The highest BCUT2D eigenvalue weighted by Gasteiger charge is 2.27. The van der Waals surface area contributed by atoms with Gasteiger partial charge in [-0.3, -0.25) is 18.6 Å². The van der Waals surface area contributed by atoms with Crippen LogP contribution in [0.3, 0.4) is 0 Å². The molecule has 0 aliphatic rings. The summed E-state index contributed by atoms with van der Waals surface area (Å²) < 4.78 is 34.8. The van der Waals surface area contributed by atoms with Crippen LogP contribution in [0.5, 0.6) is 0 Å². The largest absolute Gasteiger partial charge is 0.472 e. The van der Waals surface area contributed by atoms with Gasteiger partial charge >= 0.3 is 19.8 Å². The summed E-state index contributed by atoms with van der Waals surface area (Å²) in [6, 6.07) is 0. The van der Waals surface area contributed by atoms with Crippen molar-refractivity contribution in [3.8, 4) is 0 Å². The molecule has 0 aromatic heterocycles. The lowest BCUT2D eigenvalue weighted by Gasteiger charge is -2.24. The fourth-order valence-corrected chi connectivity index (χ4v) is 13.5. The molecule has 2 unspecified atom stereocenters. The minimum Gasteiger partial charge on any atom is -0.462 e. The normalized spacial score (nSPS) is 12.9. The monoisotopic (exact) mass is 1280 g/mol. The molecule has 89 heavy (non-hydrogen) atoms. The molecule has 0 aliphatic carbocycles. The van der Waals surface area contributed by atoms with Crippen LogP contribution in [0.1, 0.15) is 444 Å². The van der Waals surface area contributed by atoms with E-state index in [0.29, 0.717) is 17.4 Å². The first-order valence-corrected chi connectivity index (χ1v) is 41.8. The molecule has 0 aliphatic heterocycles. The van der Waals surface area contributed by atoms with Crippen LogP contribution in [-0.4, -0.2) is 74.9 Å². The van der Waals surface area contributed by atoms with Gasteiger partial charge in [0.05, 0.1) is 27.7 Å². The van der Waals surface area contributed by atoms with Gasteiger partial charge in [0.1, 0.15) is 19.8 Å². The van der Waals surface area contributed by atoms with Gasteiger partial charge in [0.2, 0.25) is 0 Å². The molecule has 0 spiro atoms. The SMILES string of the molecule is CCCCCCCCCCCCCCCCCCCCCCCCCCCCCCCCCCCCCCCC(=O)OC(COC(=O)CCCCCCCCCCCCCCCCCCCCCCCCCCCCCC)COP(=O)(O)OCC[N+](C)(C)C. The van der Waals surface area contributed by atoms with Crippen molar-refractivity contribution in [1.29, 1.82) is 0 Å². The molecule has 0 fully saturated rings. The maximum atomic E-state index is 12.9. The van der Waals surface area contributed by atoms with Gasteiger partial charge in [-0.05, 0) is 12.8 Å². The zero-order valence-corrected chi connectivity index (χ0v) is 61.9. The van der Waals surface area contributed by atoms with E-state index in [1.807, 2.05) is 21.1 Å². The number of nitrogens with zero attached hydrogens (tertiary/aromatic N) is 1. The van der Waals surface area contributed by atoms with Gasteiger partial charge in [-0.25, -0.2) is 4.57 Å². The van der Waals surface area contributed by atoms with Crippen LogP contribution in [0.4, 0.5) is 0 Å². The van der Waals surface area contributed by atoms with Crippen molar-refractivity contribution >= 4 is 19.8 Å². The van der Waals surface area contributed by atoms with Gasteiger partial charge in [-0.15, -0.1) is 0 Å². The molecule has 1 N–H and O–H groups in total. The zero-order chi connectivity index (χ0) is 64.8. The summed E-state index contributed by atoms with van der Waals surface area (Å²) in [5.74, 6) is -0.764. The van der Waals surface area contributed by atoms with Crippen molar-refractivity contribution in [3.63, 3.8) is 0 Å². The smallest absolute Gasteiger partial charge is 0.462 e. The van der Waals surface area contributed by atoms with Crippen molar-refractivity contribution in [1.82, 2.24) is 0 Å². The topological polar surface area (TPSA) is 108 Å². The van der Waals surface area contributed by atoms with Crippen LogP contribution >= 0.6 is 7.82 Å². The zero-order valence-electron chi connectivity index (χ0n) is 61.0. The van der Waals surface area contributed by atoms with Crippen molar-refractivity contribution in [2.24, 2.45) is 0 Å². The van der Waals surface area contributed by atoms with Crippen LogP contribution < -0.4 is 0 Å². The molecule has 532 valence electrons. The number of quaternary nitrogens is 1. The Bertz CT molecular complexity index is 1460. The second-order valence-corrected chi connectivity index (χ2v) is 30.6. The first kappa shape index (κ1) is 88.0. The molecule has 0 aromatic carbocycles. The number of hydrogen-bond acceptors (Lipinski definition) is 7. The first-order valence-electron chi connectivity index (χ1n) is 40.3. The third kappa shape index (κ3) is 75.9. The first-order chi connectivity index (χ1) is 43.5. The Labute approximate surface area is 556 Å². The van der Waals surface area contributed by atoms with Crippen molar-refractivity contribution in [2.75, 3.05) is 47.5 Å². The molecule has 0 bridgehead atoms. The van der Waals surface area contributed by atoms with E-state index >= 15 is 0 Å². The van der Waals surface area contributed by atoms with Crippen LogP contribution in [0.25, 0.3) is 0 Å².